The van der Waals surface area contributed by atoms with Crippen LogP contribution in [0.4, 0.5) is 18.9 Å². The number of benzene rings is 2. The Balaban J connectivity index is 1.94. The SMILES string of the molecule is COc1cccc(/C=C/C(=O)N(C)CC(=O)Nc2cccc(C(F)(F)F)c2)c1. The summed E-state index contributed by atoms with van der Waals surface area (Å²) in [6.07, 6.45) is -1.63. The van der Waals surface area contributed by atoms with Crippen LogP contribution in [0.5, 0.6) is 5.75 Å². The fraction of sp³-hybridized carbons (Fsp3) is 0.200. The largest absolute Gasteiger partial charge is 0.497 e. The highest BCUT2D eigenvalue weighted by Crippen LogP contribution is 2.30. The maximum atomic E-state index is 12.7. The number of nitrogens with zero attached hydrogens (tertiary/aromatic N) is 1. The number of hydrogen-bond donors (Lipinski definition) is 1. The Morgan fingerprint density at radius 3 is 2.54 bits per heavy atom. The lowest BCUT2D eigenvalue weighted by Crippen LogP contribution is -2.33. The van der Waals surface area contributed by atoms with E-state index in [1.807, 2.05) is 0 Å². The number of halogens is 3. The van der Waals surface area contributed by atoms with Crippen LogP contribution in [0.3, 0.4) is 0 Å². The van der Waals surface area contributed by atoms with Gasteiger partial charge in [0.1, 0.15) is 5.75 Å². The summed E-state index contributed by atoms with van der Waals surface area (Å²) in [7, 11) is 2.95. The number of amides is 2. The van der Waals surface area contributed by atoms with E-state index in [0.29, 0.717) is 5.75 Å². The molecule has 0 aliphatic rings. The summed E-state index contributed by atoms with van der Waals surface area (Å²) in [5, 5.41) is 2.36. The van der Waals surface area contributed by atoms with Gasteiger partial charge in [-0.2, -0.15) is 13.2 Å². The van der Waals surface area contributed by atoms with Crippen molar-refractivity contribution in [2.24, 2.45) is 0 Å². The topological polar surface area (TPSA) is 58.6 Å². The molecule has 8 heteroatoms. The van der Waals surface area contributed by atoms with Crippen LogP contribution < -0.4 is 10.1 Å². The third-order valence-corrected chi connectivity index (χ3v) is 3.74. The lowest BCUT2D eigenvalue weighted by Gasteiger charge is -2.15. The molecule has 2 aromatic carbocycles. The van der Waals surface area contributed by atoms with Gasteiger partial charge in [0.25, 0.3) is 0 Å². The first-order valence-electron chi connectivity index (χ1n) is 8.23. The highest BCUT2D eigenvalue weighted by Gasteiger charge is 2.30. The Morgan fingerprint density at radius 2 is 1.86 bits per heavy atom. The van der Waals surface area contributed by atoms with E-state index in [2.05, 4.69) is 5.32 Å². The minimum absolute atomic E-state index is 0.00703. The van der Waals surface area contributed by atoms with E-state index in [1.165, 1.54) is 32.4 Å². The Labute approximate surface area is 160 Å². The minimum Gasteiger partial charge on any atom is -0.497 e. The van der Waals surface area contributed by atoms with E-state index in [9.17, 15) is 22.8 Å². The number of rotatable bonds is 6. The highest BCUT2D eigenvalue weighted by atomic mass is 19.4. The average molecular weight is 392 g/mol. The van der Waals surface area contributed by atoms with Gasteiger partial charge in [0, 0.05) is 18.8 Å². The van der Waals surface area contributed by atoms with Crippen molar-refractivity contribution < 1.29 is 27.5 Å². The molecule has 0 saturated heterocycles. The predicted molar refractivity (Wildman–Crippen MR) is 99.7 cm³/mol. The standard InChI is InChI=1S/C20H19F3N2O3/c1-25(19(27)10-9-14-5-3-8-17(11-14)28-2)13-18(26)24-16-7-4-6-15(12-16)20(21,22)23/h3-12H,13H2,1-2H3,(H,24,26)/b10-9+. The molecule has 0 bridgehead atoms. The zero-order chi connectivity index (χ0) is 20.7. The minimum atomic E-state index is -4.50. The molecule has 2 aromatic rings. The first kappa shape index (κ1) is 21.0. The second-order valence-corrected chi connectivity index (χ2v) is 5.93. The molecular formula is C20H19F3N2O3. The van der Waals surface area contributed by atoms with E-state index in [1.54, 1.807) is 30.3 Å². The first-order chi connectivity index (χ1) is 13.2. The number of ether oxygens (including phenoxy) is 1. The molecule has 0 fully saturated rings. The molecule has 0 aliphatic heterocycles. The van der Waals surface area contributed by atoms with Crippen LogP contribution in [-0.2, 0) is 15.8 Å². The number of carbonyl (C=O) groups is 2. The van der Waals surface area contributed by atoms with Gasteiger partial charge in [-0.05, 0) is 42.0 Å². The lowest BCUT2D eigenvalue weighted by atomic mass is 10.2. The van der Waals surface area contributed by atoms with E-state index < -0.39 is 23.6 Å². The molecule has 0 saturated carbocycles. The van der Waals surface area contributed by atoms with Gasteiger partial charge in [0.05, 0.1) is 19.2 Å². The Bertz CT molecular complexity index is 879. The molecule has 0 radical (unpaired) electrons. The second kappa shape index (κ2) is 9.07. The number of likely N-dealkylation sites (N-methyl/N-ethyl adjacent to an activating group) is 1. The summed E-state index contributed by atoms with van der Waals surface area (Å²) in [5.74, 6) is -0.393. The zero-order valence-corrected chi connectivity index (χ0v) is 15.3. The first-order valence-corrected chi connectivity index (χ1v) is 8.23. The molecule has 2 rings (SSSR count). The van der Waals surface area contributed by atoms with Crippen molar-refractivity contribution in [3.8, 4) is 5.75 Å². The van der Waals surface area contributed by atoms with Gasteiger partial charge in [-0.25, -0.2) is 0 Å². The molecule has 0 heterocycles. The maximum Gasteiger partial charge on any atom is 0.416 e. The van der Waals surface area contributed by atoms with Crippen LogP contribution in [0.1, 0.15) is 11.1 Å². The molecule has 0 spiro atoms. The van der Waals surface area contributed by atoms with Crippen molar-refractivity contribution in [1.29, 1.82) is 0 Å². The highest BCUT2D eigenvalue weighted by molar-refractivity contribution is 5.97. The summed E-state index contributed by atoms with van der Waals surface area (Å²) in [5.41, 5.74) is -0.113. The van der Waals surface area contributed by atoms with Crippen molar-refractivity contribution in [2.75, 3.05) is 26.0 Å². The van der Waals surface area contributed by atoms with E-state index >= 15 is 0 Å². The fourth-order valence-corrected chi connectivity index (χ4v) is 2.31. The summed E-state index contributed by atoms with van der Waals surface area (Å²) in [6.45, 7) is -0.308. The number of methoxy groups -OCH3 is 1. The van der Waals surface area contributed by atoms with Crippen molar-refractivity contribution >= 4 is 23.6 Å². The monoisotopic (exact) mass is 392 g/mol. The molecule has 148 valence electrons. The summed E-state index contributed by atoms with van der Waals surface area (Å²) in [6, 6.07) is 11.4. The lowest BCUT2D eigenvalue weighted by molar-refractivity contribution is -0.137. The third kappa shape index (κ3) is 6.15. The normalized spacial score (nSPS) is 11.3. The molecule has 1 N–H and O–H groups in total. The number of hydrogen-bond acceptors (Lipinski definition) is 3. The number of carbonyl (C=O) groups excluding carboxylic acids is 2. The van der Waals surface area contributed by atoms with Crippen LogP contribution in [0.25, 0.3) is 6.08 Å². The summed E-state index contributed by atoms with van der Waals surface area (Å²) >= 11 is 0. The van der Waals surface area contributed by atoms with Gasteiger partial charge >= 0.3 is 6.18 Å². The Hall–Kier alpha value is -3.29. The van der Waals surface area contributed by atoms with Gasteiger partial charge in [-0.3, -0.25) is 9.59 Å². The molecule has 0 atom stereocenters. The third-order valence-electron chi connectivity index (χ3n) is 3.74. The van der Waals surface area contributed by atoms with Gasteiger partial charge in [0.15, 0.2) is 0 Å². The van der Waals surface area contributed by atoms with Crippen LogP contribution in [0.15, 0.2) is 54.6 Å². The molecule has 28 heavy (non-hydrogen) atoms. The van der Waals surface area contributed by atoms with Crippen molar-refractivity contribution in [3.05, 3.63) is 65.7 Å². The molecular weight excluding hydrogens is 373 g/mol. The molecule has 0 aliphatic carbocycles. The Morgan fingerprint density at radius 1 is 1.14 bits per heavy atom. The second-order valence-electron chi connectivity index (χ2n) is 5.93. The summed E-state index contributed by atoms with van der Waals surface area (Å²) < 4.78 is 43.2. The molecule has 0 unspecified atom stereocenters. The Kier molecular flexibility index (Phi) is 6.81. The van der Waals surface area contributed by atoms with Gasteiger partial charge in [-0.1, -0.05) is 18.2 Å². The van der Waals surface area contributed by atoms with Crippen LogP contribution in [-0.4, -0.2) is 37.4 Å². The smallest absolute Gasteiger partial charge is 0.416 e. The maximum absolute atomic E-state index is 12.7. The molecule has 2 amide bonds. The summed E-state index contributed by atoms with van der Waals surface area (Å²) in [4.78, 5) is 25.3. The van der Waals surface area contributed by atoms with Crippen molar-refractivity contribution in [2.45, 2.75) is 6.18 Å². The van der Waals surface area contributed by atoms with E-state index in [4.69, 9.17) is 4.74 Å². The van der Waals surface area contributed by atoms with E-state index in [0.717, 1.165) is 22.6 Å². The molecule has 5 nitrogen and oxygen atoms in total. The average Bonchev–Trinajstić information content (AvgIpc) is 2.65. The number of alkyl halides is 3. The van der Waals surface area contributed by atoms with Crippen LogP contribution in [0.2, 0.25) is 0 Å². The van der Waals surface area contributed by atoms with Gasteiger partial charge in [0.2, 0.25) is 11.8 Å². The van der Waals surface area contributed by atoms with Crippen LogP contribution >= 0.6 is 0 Å². The van der Waals surface area contributed by atoms with Gasteiger partial charge in [-0.15, -0.1) is 0 Å². The van der Waals surface area contributed by atoms with E-state index in [-0.39, 0.29) is 12.2 Å². The zero-order valence-electron chi connectivity index (χ0n) is 15.3. The van der Waals surface area contributed by atoms with Gasteiger partial charge < -0.3 is 15.0 Å². The predicted octanol–water partition coefficient (Wildman–Crippen LogP) is 3.82. The van der Waals surface area contributed by atoms with Crippen LogP contribution in [0, 0.1) is 0 Å². The number of anilines is 1. The molecule has 0 aromatic heterocycles. The number of nitrogens with one attached hydrogen (secondary N) is 1. The quantitative estimate of drug-likeness (QED) is 0.761. The van der Waals surface area contributed by atoms with Crippen molar-refractivity contribution in [3.63, 3.8) is 0 Å². The fourth-order valence-electron chi connectivity index (χ4n) is 2.31. The van der Waals surface area contributed by atoms with Crippen molar-refractivity contribution in [1.82, 2.24) is 4.90 Å².